The molecule has 1 aliphatic heterocycles. The molecule has 1 aromatic rings. The molecule has 3 rings (SSSR count). The molecule has 2 aliphatic rings. The Morgan fingerprint density at radius 2 is 1.85 bits per heavy atom. The van der Waals surface area contributed by atoms with Gasteiger partial charge in [0.2, 0.25) is 11.8 Å². The van der Waals surface area contributed by atoms with Gasteiger partial charge in [-0.1, -0.05) is 25.0 Å². The predicted octanol–water partition coefficient (Wildman–Crippen LogP) is 1.42. The van der Waals surface area contributed by atoms with Crippen LogP contribution >= 0.6 is 0 Å². The molecule has 0 atom stereocenters. The van der Waals surface area contributed by atoms with Crippen molar-refractivity contribution in [1.82, 2.24) is 10.2 Å². The number of carbonyl (C=O) groups is 2. The highest BCUT2D eigenvalue weighted by Crippen LogP contribution is 2.29. The second-order valence-electron chi connectivity index (χ2n) is 7.62. The summed E-state index contributed by atoms with van der Waals surface area (Å²) in [7, 11) is 0. The van der Waals surface area contributed by atoms with Crippen LogP contribution in [-0.4, -0.2) is 55.0 Å². The maximum absolute atomic E-state index is 12.3. The lowest BCUT2D eigenvalue weighted by atomic mass is 9.96. The molecule has 6 heteroatoms. The number of nitrogens with one attached hydrogen (secondary N) is 1. The van der Waals surface area contributed by atoms with Crippen molar-refractivity contribution >= 4 is 17.5 Å². The third kappa shape index (κ3) is 4.36. The number of anilines is 1. The Balaban J connectivity index is 1.43. The second-order valence-corrected chi connectivity index (χ2v) is 7.62. The zero-order valence-corrected chi connectivity index (χ0v) is 15.7. The van der Waals surface area contributed by atoms with E-state index in [1.165, 1.54) is 11.3 Å². The van der Waals surface area contributed by atoms with Gasteiger partial charge in [-0.05, 0) is 37.5 Å². The minimum atomic E-state index is -0.805. The van der Waals surface area contributed by atoms with Crippen molar-refractivity contribution in [3.05, 3.63) is 29.8 Å². The molecule has 1 saturated heterocycles. The largest absolute Gasteiger partial charge is 0.369 e. The van der Waals surface area contributed by atoms with Crippen LogP contribution in [0, 0.1) is 6.92 Å². The minimum Gasteiger partial charge on any atom is -0.369 e. The number of primary amides is 1. The lowest BCUT2D eigenvalue weighted by Gasteiger charge is -2.36. The zero-order valence-electron chi connectivity index (χ0n) is 15.7. The molecule has 26 heavy (non-hydrogen) atoms. The van der Waals surface area contributed by atoms with Gasteiger partial charge in [0.25, 0.3) is 0 Å². The quantitative estimate of drug-likeness (QED) is 0.806. The minimum absolute atomic E-state index is 0.0631. The average Bonchev–Trinajstić information content (AvgIpc) is 3.10. The fourth-order valence-electron chi connectivity index (χ4n) is 4.05. The average molecular weight is 358 g/mol. The van der Waals surface area contributed by atoms with Gasteiger partial charge in [0.05, 0.1) is 0 Å². The topological polar surface area (TPSA) is 78.7 Å². The number of carbonyl (C=O) groups excluding carboxylic acids is 2. The predicted molar refractivity (Wildman–Crippen MR) is 103 cm³/mol. The molecule has 0 spiro atoms. The molecule has 0 bridgehead atoms. The van der Waals surface area contributed by atoms with Crippen molar-refractivity contribution in [2.45, 2.75) is 44.6 Å². The molecule has 1 heterocycles. The van der Waals surface area contributed by atoms with Crippen molar-refractivity contribution in [2.75, 3.05) is 37.6 Å². The number of amides is 2. The van der Waals surface area contributed by atoms with Gasteiger partial charge in [0.15, 0.2) is 0 Å². The standard InChI is InChI=1S/C20H30N4O2/c1-16-5-4-6-17(15-16)24-13-11-23(12-14-24)10-7-18(25)22-20(19(21)26)8-2-3-9-20/h4-6,15H,2-3,7-14H2,1H3,(H2,21,26)(H,22,25). The van der Waals surface area contributed by atoms with Gasteiger partial charge in [-0.15, -0.1) is 0 Å². The molecule has 142 valence electrons. The molecule has 0 unspecified atom stereocenters. The first kappa shape index (κ1) is 18.7. The molecule has 1 aromatic carbocycles. The van der Waals surface area contributed by atoms with Crippen molar-refractivity contribution in [3.8, 4) is 0 Å². The van der Waals surface area contributed by atoms with Gasteiger partial charge >= 0.3 is 0 Å². The highest BCUT2D eigenvalue weighted by Gasteiger charge is 2.40. The molecule has 2 amide bonds. The number of nitrogens with zero attached hydrogens (tertiary/aromatic N) is 2. The highest BCUT2D eigenvalue weighted by molar-refractivity contribution is 5.90. The maximum atomic E-state index is 12.3. The van der Waals surface area contributed by atoms with E-state index in [0.717, 1.165) is 45.6 Å². The van der Waals surface area contributed by atoms with E-state index in [1.54, 1.807) is 0 Å². The smallest absolute Gasteiger partial charge is 0.243 e. The molecule has 3 N–H and O–H groups in total. The van der Waals surface area contributed by atoms with E-state index in [2.05, 4.69) is 46.3 Å². The Morgan fingerprint density at radius 1 is 1.15 bits per heavy atom. The van der Waals surface area contributed by atoms with E-state index in [4.69, 9.17) is 5.73 Å². The summed E-state index contributed by atoms with van der Waals surface area (Å²) in [5.41, 5.74) is 7.27. The van der Waals surface area contributed by atoms with E-state index in [9.17, 15) is 9.59 Å². The fraction of sp³-hybridized carbons (Fsp3) is 0.600. The molecule has 0 aromatic heterocycles. The van der Waals surface area contributed by atoms with Crippen LogP contribution in [0.15, 0.2) is 24.3 Å². The third-order valence-electron chi connectivity index (χ3n) is 5.70. The second kappa shape index (κ2) is 8.08. The third-order valence-corrected chi connectivity index (χ3v) is 5.70. The molecule has 0 radical (unpaired) electrons. The Morgan fingerprint density at radius 3 is 2.46 bits per heavy atom. The van der Waals surface area contributed by atoms with E-state index < -0.39 is 11.4 Å². The lowest BCUT2D eigenvalue weighted by molar-refractivity contribution is -0.131. The van der Waals surface area contributed by atoms with Crippen LogP contribution in [-0.2, 0) is 9.59 Å². The van der Waals surface area contributed by atoms with Crippen molar-refractivity contribution in [3.63, 3.8) is 0 Å². The van der Waals surface area contributed by atoms with Crippen LogP contribution < -0.4 is 16.0 Å². The number of nitrogens with two attached hydrogens (primary N) is 1. The summed E-state index contributed by atoms with van der Waals surface area (Å²) >= 11 is 0. The van der Waals surface area contributed by atoms with Gasteiger partial charge in [-0.25, -0.2) is 0 Å². The maximum Gasteiger partial charge on any atom is 0.243 e. The molecular weight excluding hydrogens is 328 g/mol. The van der Waals surface area contributed by atoms with Crippen molar-refractivity contribution in [1.29, 1.82) is 0 Å². The molecule has 1 aliphatic carbocycles. The van der Waals surface area contributed by atoms with Crippen LogP contribution in [0.1, 0.15) is 37.7 Å². The SMILES string of the molecule is Cc1cccc(N2CCN(CCC(=O)NC3(C(N)=O)CCCC3)CC2)c1. The van der Waals surface area contributed by atoms with E-state index in [0.29, 0.717) is 19.3 Å². The number of hydrogen-bond donors (Lipinski definition) is 2. The van der Waals surface area contributed by atoms with Crippen LogP contribution in [0.4, 0.5) is 5.69 Å². The fourth-order valence-corrected chi connectivity index (χ4v) is 4.05. The summed E-state index contributed by atoms with van der Waals surface area (Å²) in [5.74, 6) is -0.457. The molecule has 6 nitrogen and oxygen atoms in total. The number of piperazine rings is 1. The first-order chi connectivity index (χ1) is 12.5. The van der Waals surface area contributed by atoms with Gasteiger partial charge in [-0.2, -0.15) is 0 Å². The van der Waals surface area contributed by atoms with Crippen molar-refractivity contribution < 1.29 is 9.59 Å². The van der Waals surface area contributed by atoms with Gasteiger partial charge in [-0.3, -0.25) is 14.5 Å². The van der Waals surface area contributed by atoms with Crippen LogP contribution in [0.25, 0.3) is 0 Å². The Bertz CT molecular complexity index is 647. The zero-order chi connectivity index (χ0) is 18.6. The summed E-state index contributed by atoms with van der Waals surface area (Å²) in [6.07, 6.45) is 3.65. The van der Waals surface area contributed by atoms with E-state index >= 15 is 0 Å². The first-order valence-corrected chi connectivity index (χ1v) is 9.63. The number of benzene rings is 1. The Kier molecular flexibility index (Phi) is 5.81. The number of hydrogen-bond acceptors (Lipinski definition) is 4. The van der Waals surface area contributed by atoms with E-state index in [-0.39, 0.29) is 5.91 Å². The van der Waals surface area contributed by atoms with Gasteiger partial charge in [0.1, 0.15) is 5.54 Å². The summed E-state index contributed by atoms with van der Waals surface area (Å²) in [5, 5.41) is 2.92. The first-order valence-electron chi connectivity index (χ1n) is 9.63. The van der Waals surface area contributed by atoms with Gasteiger partial charge < -0.3 is 16.0 Å². The van der Waals surface area contributed by atoms with Crippen LogP contribution in [0.3, 0.4) is 0 Å². The van der Waals surface area contributed by atoms with Gasteiger partial charge in [0, 0.05) is 44.8 Å². The highest BCUT2D eigenvalue weighted by atomic mass is 16.2. The Hall–Kier alpha value is -2.08. The summed E-state index contributed by atoms with van der Waals surface area (Å²) in [6, 6.07) is 8.58. The Labute approximate surface area is 155 Å². The summed E-state index contributed by atoms with van der Waals surface area (Å²) in [4.78, 5) is 28.8. The number of rotatable bonds is 6. The summed E-state index contributed by atoms with van der Waals surface area (Å²) < 4.78 is 0. The van der Waals surface area contributed by atoms with Crippen LogP contribution in [0.2, 0.25) is 0 Å². The monoisotopic (exact) mass is 358 g/mol. The summed E-state index contributed by atoms with van der Waals surface area (Å²) in [6.45, 7) is 6.67. The molecular formula is C20H30N4O2. The molecule has 2 fully saturated rings. The lowest BCUT2D eigenvalue weighted by Crippen LogP contribution is -2.56. The number of aryl methyl sites for hydroxylation is 1. The van der Waals surface area contributed by atoms with Crippen molar-refractivity contribution in [2.24, 2.45) is 5.73 Å². The normalized spacial score (nSPS) is 20.1. The van der Waals surface area contributed by atoms with Crippen LogP contribution in [0.5, 0.6) is 0 Å². The molecule has 1 saturated carbocycles. The van der Waals surface area contributed by atoms with E-state index in [1.807, 2.05) is 0 Å².